The Hall–Kier alpha value is -1.93. The number of furan rings is 1. The van der Waals surface area contributed by atoms with Crippen molar-refractivity contribution in [2.45, 2.75) is 6.92 Å². The summed E-state index contributed by atoms with van der Waals surface area (Å²) in [5, 5.41) is 1.77. The number of methoxy groups -OCH3 is 1. The molecular formula is C16H13ClO2. The van der Waals surface area contributed by atoms with E-state index in [0.717, 1.165) is 38.6 Å². The first-order valence-corrected chi connectivity index (χ1v) is 6.40. The van der Waals surface area contributed by atoms with E-state index in [9.17, 15) is 0 Å². The van der Waals surface area contributed by atoms with Crippen molar-refractivity contribution in [3.05, 3.63) is 53.1 Å². The summed E-state index contributed by atoms with van der Waals surface area (Å²) in [7, 11) is 1.66. The molecule has 0 unspecified atom stereocenters. The number of fused-ring (bicyclic) bond motifs is 1. The van der Waals surface area contributed by atoms with E-state index < -0.39 is 0 Å². The minimum atomic E-state index is 0.720. The second-order valence-electron chi connectivity index (χ2n) is 4.43. The van der Waals surface area contributed by atoms with Gasteiger partial charge < -0.3 is 9.15 Å². The molecule has 0 spiro atoms. The van der Waals surface area contributed by atoms with Crippen LogP contribution in [0.5, 0.6) is 5.75 Å². The van der Waals surface area contributed by atoms with Crippen LogP contribution in [0.25, 0.3) is 22.3 Å². The molecule has 0 N–H and O–H groups in total. The van der Waals surface area contributed by atoms with E-state index in [-0.39, 0.29) is 0 Å². The second kappa shape index (κ2) is 4.63. The Balaban J connectivity index is 2.16. The summed E-state index contributed by atoms with van der Waals surface area (Å²) in [5.74, 6) is 1.71. The van der Waals surface area contributed by atoms with Crippen molar-refractivity contribution in [1.82, 2.24) is 0 Å². The van der Waals surface area contributed by atoms with E-state index >= 15 is 0 Å². The third-order valence-electron chi connectivity index (χ3n) is 3.25. The van der Waals surface area contributed by atoms with Crippen LogP contribution in [0.2, 0.25) is 5.02 Å². The van der Waals surface area contributed by atoms with Gasteiger partial charge in [-0.2, -0.15) is 0 Å². The van der Waals surface area contributed by atoms with E-state index in [4.69, 9.17) is 20.8 Å². The normalized spacial score (nSPS) is 10.9. The third kappa shape index (κ3) is 2.08. The van der Waals surface area contributed by atoms with Gasteiger partial charge in [-0.05, 0) is 49.4 Å². The maximum Gasteiger partial charge on any atom is 0.138 e. The number of benzene rings is 2. The van der Waals surface area contributed by atoms with Crippen molar-refractivity contribution in [2.24, 2.45) is 0 Å². The summed E-state index contributed by atoms with van der Waals surface area (Å²) in [4.78, 5) is 0. The zero-order valence-corrected chi connectivity index (χ0v) is 11.5. The molecule has 0 saturated heterocycles. The van der Waals surface area contributed by atoms with Crippen molar-refractivity contribution in [2.75, 3.05) is 7.11 Å². The lowest BCUT2D eigenvalue weighted by molar-refractivity contribution is 0.415. The SMILES string of the molecule is COc1ccc(-c2oc3ccc(Cl)cc3c2C)cc1. The molecule has 0 aliphatic rings. The highest BCUT2D eigenvalue weighted by Crippen LogP contribution is 2.34. The fourth-order valence-corrected chi connectivity index (χ4v) is 2.38. The monoisotopic (exact) mass is 272 g/mol. The Morgan fingerprint density at radius 3 is 2.47 bits per heavy atom. The van der Waals surface area contributed by atoms with Crippen LogP contribution in [0.15, 0.2) is 46.9 Å². The molecule has 0 radical (unpaired) electrons. The highest BCUT2D eigenvalue weighted by molar-refractivity contribution is 6.31. The molecule has 2 aromatic carbocycles. The van der Waals surface area contributed by atoms with Gasteiger partial charge in [0.1, 0.15) is 17.1 Å². The van der Waals surface area contributed by atoms with Crippen molar-refractivity contribution >= 4 is 22.6 Å². The molecule has 1 heterocycles. The first kappa shape index (κ1) is 12.1. The molecule has 3 aromatic rings. The summed E-state index contributed by atoms with van der Waals surface area (Å²) < 4.78 is 11.1. The zero-order chi connectivity index (χ0) is 13.4. The number of hydrogen-bond donors (Lipinski definition) is 0. The average molecular weight is 273 g/mol. The molecule has 0 aliphatic carbocycles. The van der Waals surface area contributed by atoms with Gasteiger partial charge in [-0.15, -0.1) is 0 Å². The van der Waals surface area contributed by atoms with Crippen LogP contribution in [0, 0.1) is 6.92 Å². The molecular weight excluding hydrogens is 260 g/mol. The van der Waals surface area contributed by atoms with Crippen LogP contribution < -0.4 is 4.74 Å². The Morgan fingerprint density at radius 1 is 1.05 bits per heavy atom. The highest BCUT2D eigenvalue weighted by atomic mass is 35.5. The van der Waals surface area contributed by atoms with Crippen molar-refractivity contribution in [3.63, 3.8) is 0 Å². The van der Waals surface area contributed by atoms with Gasteiger partial charge >= 0.3 is 0 Å². The van der Waals surface area contributed by atoms with Gasteiger partial charge in [0, 0.05) is 21.5 Å². The largest absolute Gasteiger partial charge is 0.497 e. The summed E-state index contributed by atoms with van der Waals surface area (Å²) in [6, 6.07) is 13.5. The lowest BCUT2D eigenvalue weighted by Gasteiger charge is -2.01. The smallest absolute Gasteiger partial charge is 0.138 e. The van der Waals surface area contributed by atoms with Gasteiger partial charge in [-0.3, -0.25) is 0 Å². The number of halogens is 1. The first-order valence-electron chi connectivity index (χ1n) is 6.02. The topological polar surface area (TPSA) is 22.4 Å². The number of ether oxygens (including phenoxy) is 1. The fourth-order valence-electron chi connectivity index (χ4n) is 2.21. The Morgan fingerprint density at radius 2 is 1.79 bits per heavy atom. The standard InChI is InChI=1S/C16H13ClO2/c1-10-14-9-12(17)5-8-15(14)19-16(10)11-3-6-13(18-2)7-4-11/h3-9H,1-2H3. The lowest BCUT2D eigenvalue weighted by Crippen LogP contribution is -1.82. The molecule has 3 rings (SSSR count). The zero-order valence-electron chi connectivity index (χ0n) is 10.7. The molecule has 0 bridgehead atoms. The first-order chi connectivity index (χ1) is 9.19. The minimum absolute atomic E-state index is 0.720. The maximum atomic E-state index is 6.03. The Kier molecular flexibility index (Phi) is 2.96. The molecule has 96 valence electrons. The Labute approximate surface area is 116 Å². The van der Waals surface area contributed by atoms with E-state index in [1.807, 2.05) is 49.4 Å². The minimum Gasteiger partial charge on any atom is -0.497 e. The summed E-state index contributed by atoms with van der Waals surface area (Å²) in [5.41, 5.74) is 2.99. The van der Waals surface area contributed by atoms with E-state index in [1.54, 1.807) is 7.11 Å². The van der Waals surface area contributed by atoms with Crippen LogP contribution in [0.4, 0.5) is 0 Å². The van der Waals surface area contributed by atoms with Crippen molar-refractivity contribution in [1.29, 1.82) is 0 Å². The number of rotatable bonds is 2. The molecule has 2 nitrogen and oxygen atoms in total. The van der Waals surface area contributed by atoms with Crippen LogP contribution in [0.1, 0.15) is 5.56 Å². The summed E-state index contributed by atoms with van der Waals surface area (Å²) in [6.07, 6.45) is 0. The fraction of sp³-hybridized carbons (Fsp3) is 0.125. The Bertz CT molecular complexity index is 726. The summed E-state index contributed by atoms with van der Waals surface area (Å²) in [6.45, 7) is 2.04. The second-order valence-corrected chi connectivity index (χ2v) is 4.86. The van der Waals surface area contributed by atoms with Crippen LogP contribution in [-0.4, -0.2) is 7.11 Å². The van der Waals surface area contributed by atoms with Crippen molar-refractivity contribution in [3.8, 4) is 17.1 Å². The van der Waals surface area contributed by atoms with Gasteiger partial charge in [-0.25, -0.2) is 0 Å². The molecule has 0 aliphatic heterocycles. The quantitative estimate of drug-likeness (QED) is 0.650. The molecule has 0 atom stereocenters. The van der Waals surface area contributed by atoms with E-state index in [0.29, 0.717) is 0 Å². The van der Waals surface area contributed by atoms with Crippen LogP contribution in [0.3, 0.4) is 0 Å². The molecule has 3 heteroatoms. The molecule has 19 heavy (non-hydrogen) atoms. The predicted molar refractivity (Wildman–Crippen MR) is 77.9 cm³/mol. The average Bonchev–Trinajstić information content (AvgIpc) is 2.76. The van der Waals surface area contributed by atoms with Crippen LogP contribution >= 0.6 is 11.6 Å². The van der Waals surface area contributed by atoms with E-state index in [1.165, 1.54) is 0 Å². The van der Waals surface area contributed by atoms with E-state index in [2.05, 4.69) is 0 Å². The highest BCUT2D eigenvalue weighted by Gasteiger charge is 2.12. The number of aryl methyl sites for hydroxylation is 1. The molecule has 0 fully saturated rings. The predicted octanol–water partition coefficient (Wildman–Crippen LogP) is 5.07. The molecule has 1 aromatic heterocycles. The van der Waals surface area contributed by atoms with Gasteiger partial charge in [0.2, 0.25) is 0 Å². The summed E-state index contributed by atoms with van der Waals surface area (Å²) >= 11 is 6.03. The number of hydrogen-bond acceptors (Lipinski definition) is 2. The molecule has 0 saturated carbocycles. The van der Waals surface area contributed by atoms with Gasteiger partial charge in [0.25, 0.3) is 0 Å². The van der Waals surface area contributed by atoms with Crippen LogP contribution in [-0.2, 0) is 0 Å². The van der Waals surface area contributed by atoms with Gasteiger partial charge in [-0.1, -0.05) is 11.6 Å². The van der Waals surface area contributed by atoms with Crippen molar-refractivity contribution < 1.29 is 9.15 Å². The van der Waals surface area contributed by atoms with Gasteiger partial charge in [0.15, 0.2) is 0 Å². The lowest BCUT2D eigenvalue weighted by atomic mass is 10.1. The molecule has 0 amide bonds. The third-order valence-corrected chi connectivity index (χ3v) is 3.49. The maximum absolute atomic E-state index is 6.03. The van der Waals surface area contributed by atoms with Gasteiger partial charge in [0.05, 0.1) is 7.11 Å².